The van der Waals surface area contributed by atoms with Gasteiger partial charge >= 0.3 is 0 Å². The van der Waals surface area contributed by atoms with Crippen molar-refractivity contribution in [1.29, 1.82) is 0 Å². The monoisotopic (exact) mass is 301 g/mol. The first-order valence-corrected chi connectivity index (χ1v) is 8.55. The molecule has 0 bridgehead atoms. The number of hydrogen-bond donors (Lipinski definition) is 1. The highest BCUT2D eigenvalue weighted by Crippen LogP contribution is 2.17. The highest BCUT2D eigenvalue weighted by Gasteiger charge is 2.08. The predicted octanol–water partition coefficient (Wildman–Crippen LogP) is 2.18. The molecule has 0 aromatic heterocycles. The molecule has 0 amide bonds. The Hall–Kier alpha value is -1.27. The molecule has 114 valence electrons. The zero-order chi connectivity index (χ0) is 14.8. The summed E-state index contributed by atoms with van der Waals surface area (Å²) in [6.07, 6.45) is 1.54. The molecule has 1 aromatic carbocycles. The van der Waals surface area contributed by atoms with Gasteiger partial charge in [-0.3, -0.25) is 0 Å². The van der Waals surface area contributed by atoms with E-state index in [4.69, 9.17) is 9.47 Å². The van der Waals surface area contributed by atoms with Crippen molar-refractivity contribution in [2.24, 2.45) is 0 Å². The largest absolute Gasteiger partial charge is 0.494 e. The summed E-state index contributed by atoms with van der Waals surface area (Å²) in [6, 6.07) is 7.25. The summed E-state index contributed by atoms with van der Waals surface area (Å²) >= 11 is 0. The van der Waals surface area contributed by atoms with Gasteiger partial charge in [0.15, 0.2) is 0 Å². The second kappa shape index (κ2) is 8.81. The van der Waals surface area contributed by atoms with Crippen LogP contribution in [-0.2, 0) is 10.0 Å². The molecule has 1 aromatic rings. The van der Waals surface area contributed by atoms with Crippen molar-refractivity contribution in [3.8, 4) is 11.5 Å². The molecule has 0 aliphatic carbocycles. The molecule has 0 radical (unpaired) electrons. The molecule has 0 aliphatic heterocycles. The molecule has 1 N–H and O–H groups in total. The lowest BCUT2D eigenvalue weighted by Gasteiger charge is -2.09. The first-order valence-electron chi connectivity index (χ1n) is 6.90. The summed E-state index contributed by atoms with van der Waals surface area (Å²) in [5.41, 5.74) is 0. The van der Waals surface area contributed by atoms with Crippen LogP contribution in [0, 0.1) is 0 Å². The molecule has 0 saturated heterocycles. The van der Waals surface area contributed by atoms with Crippen molar-refractivity contribution in [3.63, 3.8) is 0 Å². The molecular formula is C14H23NO4S. The molecule has 20 heavy (non-hydrogen) atoms. The van der Waals surface area contributed by atoms with Crippen LogP contribution in [0.15, 0.2) is 24.3 Å². The van der Waals surface area contributed by atoms with E-state index in [1.165, 1.54) is 0 Å². The Morgan fingerprint density at radius 3 is 2.20 bits per heavy atom. The second-order valence-electron chi connectivity index (χ2n) is 4.32. The van der Waals surface area contributed by atoms with Crippen molar-refractivity contribution >= 4 is 10.0 Å². The minimum Gasteiger partial charge on any atom is -0.494 e. The molecule has 0 unspecified atom stereocenters. The molecule has 0 spiro atoms. The van der Waals surface area contributed by atoms with Gasteiger partial charge in [-0.05, 0) is 37.6 Å². The topological polar surface area (TPSA) is 64.6 Å². The van der Waals surface area contributed by atoms with Crippen molar-refractivity contribution in [2.75, 3.05) is 25.5 Å². The predicted molar refractivity (Wildman–Crippen MR) is 79.8 cm³/mol. The van der Waals surface area contributed by atoms with E-state index in [2.05, 4.69) is 4.72 Å². The summed E-state index contributed by atoms with van der Waals surface area (Å²) < 4.78 is 36.4. The van der Waals surface area contributed by atoms with Gasteiger partial charge in [-0.15, -0.1) is 0 Å². The van der Waals surface area contributed by atoms with E-state index >= 15 is 0 Å². The van der Waals surface area contributed by atoms with Crippen LogP contribution in [-0.4, -0.2) is 33.9 Å². The molecule has 5 nitrogen and oxygen atoms in total. The van der Waals surface area contributed by atoms with Crippen LogP contribution >= 0.6 is 0 Å². The molecule has 0 saturated carbocycles. The van der Waals surface area contributed by atoms with Gasteiger partial charge in [-0.1, -0.05) is 13.3 Å². The standard InChI is InChI=1S/C14H23NO4S/c1-3-5-12-20(16,17)15-10-11-19-14-8-6-13(7-9-14)18-4-2/h6-9,15H,3-5,10-12H2,1-2H3. The van der Waals surface area contributed by atoms with E-state index in [0.29, 0.717) is 25.4 Å². The summed E-state index contributed by atoms with van der Waals surface area (Å²) in [5.74, 6) is 1.66. The number of ether oxygens (including phenoxy) is 2. The zero-order valence-electron chi connectivity index (χ0n) is 12.1. The summed E-state index contributed by atoms with van der Waals surface area (Å²) in [6.45, 7) is 5.10. The van der Waals surface area contributed by atoms with Crippen molar-refractivity contribution < 1.29 is 17.9 Å². The maximum absolute atomic E-state index is 11.5. The van der Waals surface area contributed by atoms with Crippen LogP contribution in [0.1, 0.15) is 26.7 Å². The SMILES string of the molecule is CCCCS(=O)(=O)NCCOc1ccc(OCC)cc1. The normalized spacial score (nSPS) is 11.3. The van der Waals surface area contributed by atoms with E-state index in [0.717, 1.165) is 12.2 Å². The van der Waals surface area contributed by atoms with Gasteiger partial charge in [0, 0.05) is 6.54 Å². The maximum atomic E-state index is 11.5. The molecule has 0 atom stereocenters. The molecule has 0 fully saturated rings. The van der Waals surface area contributed by atoms with Crippen LogP contribution in [0.5, 0.6) is 11.5 Å². The fourth-order valence-corrected chi connectivity index (χ4v) is 2.78. The summed E-state index contributed by atoms with van der Waals surface area (Å²) in [4.78, 5) is 0. The van der Waals surface area contributed by atoms with E-state index in [1.807, 2.05) is 26.0 Å². The molecular weight excluding hydrogens is 278 g/mol. The van der Waals surface area contributed by atoms with Crippen LogP contribution in [0.2, 0.25) is 0 Å². The lowest BCUT2D eigenvalue weighted by Crippen LogP contribution is -2.30. The van der Waals surface area contributed by atoms with Gasteiger partial charge in [0.2, 0.25) is 10.0 Å². The second-order valence-corrected chi connectivity index (χ2v) is 6.25. The average Bonchev–Trinajstić information content (AvgIpc) is 2.44. The van der Waals surface area contributed by atoms with Crippen molar-refractivity contribution in [1.82, 2.24) is 4.72 Å². The Balaban J connectivity index is 2.27. The number of nitrogens with one attached hydrogen (secondary N) is 1. The number of sulfonamides is 1. The Bertz CT molecular complexity index is 470. The lowest BCUT2D eigenvalue weighted by molar-refractivity contribution is 0.319. The quantitative estimate of drug-likeness (QED) is 0.673. The van der Waals surface area contributed by atoms with E-state index in [-0.39, 0.29) is 12.3 Å². The van der Waals surface area contributed by atoms with E-state index in [1.54, 1.807) is 12.1 Å². The third kappa shape index (κ3) is 6.77. The van der Waals surface area contributed by atoms with Gasteiger partial charge < -0.3 is 9.47 Å². The minimum atomic E-state index is -3.16. The van der Waals surface area contributed by atoms with Crippen molar-refractivity contribution in [3.05, 3.63) is 24.3 Å². The number of unbranched alkanes of at least 4 members (excludes halogenated alkanes) is 1. The zero-order valence-corrected chi connectivity index (χ0v) is 12.9. The number of hydrogen-bond acceptors (Lipinski definition) is 4. The van der Waals surface area contributed by atoms with Gasteiger partial charge in [0.25, 0.3) is 0 Å². The smallest absolute Gasteiger partial charge is 0.211 e. The van der Waals surface area contributed by atoms with Crippen LogP contribution in [0.4, 0.5) is 0 Å². The summed E-state index contributed by atoms with van der Waals surface area (Å²) in [5, 5.41) is 0. The summed E-state index contributed by atoms with van der Waals surface area (Å²) in [7, 11) is -3.16. The Morgan fingerprint density at radius 2 is 1.65 bits per heavy atom. The Kier molecular flexibility index (Phi) is 7.40. The lowest BCUT2D eigenvalue weighted by atomic mass is 10.3. The van der Waals surface area contributed by atoms with Crippen LogP contribution in [0.3, 0.4) is 0 Å². The first kappa shape index (κ1) is 16.8. The molecule has 6 heteroatoms. The van der Waals surface area contributed by atoms with Crippen LogP contribution in [0.25, 0.3) is 0 Å². The molecule has 1 rings (SSSR count). The van der Waals surface area contributed by atoms with Crippen LogP contribution < -0.4 is 14.2 Å². The first-order chi connectivity index (χ1) is 9.57. The minimum absolute atomic E-state index is 0.173. The third-order valence-electron chi connectivity index (χ3n) is 2.59. The maximum Gasteiger partial charge on any atom is 0.211 e. The Labute approximate surface area is 121 Å². The fraction of sp³-hybridized carbons (Fsp3) is 0.571. The number of rotatable bonds is 10. The van der Waals surface area contributed by atoms with Crippen molar-refractivity contribution in [2.45, 2.75) is 26.7 Å². The number of benzene rings is 1. The molecule has 0 heterocycles. The van der Waals surface area contributed by atoms with E-state index in [9.17, 15) is 8.42 Å². The Morgan fingerprint density at radius 1 is 1.05 bits per heavy atom. The van der Waals surface area contributed by atoms with Gasteiger partial charge in [0.1, 0.15) is 18.1 Å². The van der Waals surface area contributed by atoms with Gasteiger partial charge in [0.05, 0.1) is 12.4 Å². The highest BCUT2D eigenvalue weighted by molar-refractivity contribution is 7.89. The third-order valence-corrected chi connectivity index (χ3v) is 4.06. The molecule has 0 aliphatic rings. The van der Waals surface area contributed by atoms with Gasteiger partial charge in [-0.2, -0.15) is 0 Å². The fourth-order valence-electron chi connectivity index (χ4n) is 1.57. The van der Waals surface area contributed by atoms with Gasteiger partial charge in [-0.25, -0.2) is 13.1 Å². The highest BCUT2D eigenvalue weighted by atomic mass is 32.2. The average molecular weight is 301 g/mol. The van der Waals surface area contributed by atoms with E-state index < -0.39 is 10.0 Å².